The zero-order chi connectivity index (χ0) is 14.5. The van der Waals surface area contributed by atoms with Crippen LogP contribution in [0.15, 0.2) is 15.6 Å². The Labute approximate surface area is 112 Å². The number of sulfonamides is 1. The van der Waals surface area contributed by atoms with Crippen LogP contribution in [-0.4, -0.2) is 41.5 Å². The number of nitrogens with one attached hydrogen (secondary N) is 3. The van der Waals surface area contributed by atoms with Crippen molar-refractivity contribution in [1.82, 2.24) is 15.4 Å². The molecule has 0 fully saturated rings. The molecule has 7 nitrogen and oxygen atoms in total. The second-order valence-corrected chi connectivity index (χ2v) is 5.77. The van der Waals surface area contributed by atoms with E-state index in [2.05, 4.69) is 15.4 Å². The van der Waals surface area contributed by atoms with Crippen LogP contribution in [0.1, 0.15) is 22.5 Å². The van der Waals surface area contributed by atoms with E-state index >= 15 is 0 Å². The predicted molar refractivity (Wildman–Crippen MR) is 70.6 cm³/mol. The number of furan rings is 1. The fourth-order valence-electron chi connectivity index (χ4n) is 1.48. The number of amides is 1. The van der Waals surface area contributed by atoms with E-state index in [-0.39, 0.29) is 22.3 Å². The van der Waals surface area contributed by atoms with Gasteiger partial charge in [0.05, 0.1) is 5.56 Å². The molecule has 108 valence electrons. The van der Waals surface area contributed by atoms with E-state index in [1.165, 1.54) is 13.1 Å². The predicted octanol–water partition coefficient (Wildman–Crippen LogP) is -0.165. The van der Waals surface area contributed by atoms with Crippen LogP contribution in [0.3, 0.4) is 0 Å². The van der Waals surface area contributed by atoms with Crippen molar-refractivity contribution in [2.75, 3.05) is 27.2 Å². The third kappa shape index (κ3) is 4.05. The molecular formula is C11H19N3O4S. The molecule has 0 aliphatic carbocycles. The third-order valence-electron chi connectivity index (χ3n) is 2.56. The first-order valence-electron chi connectivity index (χ1n) is 5.89. The Hall–Kier alpha value is -1.38. The Kier molecular flexibility index (Phi) is 5.52. The second kappa shape index (κ2) is 6.69. The molecule has 8 heteroatoms. The number of rotatable bonds is 7. The number of hydrogen-bond acceptors (Lipinski definition) is 5. The van der Waals surface area contributed by atoms with E-state index < -0.39 is 10.0 Å². The molecule has 1 heterocycles. The molecule has 1 aromatic heterocycles. The van der Waals surface area contributed by atoms with Crippen LogP contribution in [-0.2, 0) is 10.0 Å². The van der Waals surface area contributed by atoms with Gasteiger partial charge in [0.2, 0.25) is 5.09 Å². The van der Waals surface area contributed by atoms with Gasteiger partial charge in [-0.25, -0.2) is 13.1 Å². The summed E-state index contributed by atoms with van der Waals surface area (Å²) >= 11 is 0. The maximum atomic E-state index is 11.9. The van der Waals surface area contributed by atoms with Crippen molar-refractivity contribution in [3.8, 4) is 0 Å². The summed E-state index contributed by atoms with van der Waals surface area (Å²) in [7, 11) is -0.556. The summed E-state index contributed by atoms with van der Waals surface area (Å²) in [6, 6.07) is 1.23. The fraction of sp³-hybridized carbons (Fsp3) is 0.545. The molecule has 0 radical (unpaired) electrons. The first-order chi connectivity index (χ1) is 8.92. The monoisotopic (exact) mass is 289 g/mol. The minimum absolute atomic E-state index is 0.235. The molecule has 0 bridgehead atoms. The van der Waals surface area contributed by atoms with Crippen LogP contribution in [0.2, 0.25) is 0 Å². The smallest absolute Gasteiger partial charge is 0.273 e. The number of carbonyl (C=O) groups excluding carboxylic acids is 1. The van der Waals surface area contributed by atoms with Gasteiger partial charge in [0.1, 0.15) is 5.76 Å². The highest BCUT2D eigenvalue weighted by atomic mass is 32.2. The van der Waals surface area contributed by atoms with Crippen LogP contribution in [0.25, 0.3) is 0 Å². The topological polar surface area (TPSA) is 100 Å². The molecule has 0 aliphatic rings. The molecule has 0 aromatic carbocycles. The Balaban J connectivity index is 2.76. The van der Waals surface area contributed by atoms with E-state index in [4.69, 9.17) is 4.42 Å². The highest BCUT2D eigenvalue weighted by Crippen LogP contribution is 2.18. The fourth-order valence-corrected chi connectivity index (χ4v) is 2.18. The largest absolute Gasteiger partial charge is 0.448 e. The normalized spacial score (nSPS) is 11.5. The van der Waals surface area contributed by atoms with Gasteiger partial charge in [-0.2, -0.15) is 0 Å². The molecule has 1 rings (SSSR count). The van der Waals surface area contributed by atoms with Crippen LogP contribution in [0.5, 0.6) is 0 Å². The second-order valence-electron chi connectivity index (χ2n) is 3.96. The molecule has 0 atom stereocenters. The number of carbonyl (C=O) groups is 1. The molecular weight excluding hydrogens is 270 g/mol. The molecule has 0 spiro atoms. The average molecular weight is 289 g/mol. The zero-order valence-electron chi connectivity index (χ0n) is 11.2. The molecule has 19 heavy (non-hydrogen) atoms. The Morgan fingerprint density at radius 3 is 2.58 bits per heavy atom. The van der Waals surface area contributed by atoms with Crippen LogP contribution in [0, 0.1) is 6.92 Å². The van der Waals surface area contributed by atoms with E-state index in [9.17, 15) is 13.2 Å². The summed E-state index contributed by atoms with van der Waals surface area (Å²) in [5, 5.41) is 5.41. The first kappa shape index (κ1) is 15.7. The molecule has 3 N–H and O–H groups in total. The van der Waals surface area contributed by atoms with E-state index in [1.807, 2.05) is 7.05 Å². The maximum Gasteiger partial charge on any atom is 0.273 e. The van der Waals surface area contributed by atoms with Gasteiger partial charge in [-0.3, -0.25) is 4.79 Å². The van der Waals surface area contributed by atoms with Crippen molar-refractivity contribution in [3.05, 3.63) is 17.4 Å². The minimum Gasteiger partial charge on any atom is -0.448 e. The van der Waals surface area contributed by atoms with Crippen molar-refractivity contribution in [1.29, 1.82) is 0 Å². The number of aryl methyl sites for hydroxylation is 1. The Bertz CT molecular complexity index is 536. The Morgan fingerprint density at radius 2 is 2.00 bits per heavy atom. The van der Waals surface area contributed by atoms with Gasteiger partial charge in [0.15, 0.2) is 0 Å². The lowest BCUT2D eigenvalue weighted by atomic mass is 10.2. The summed E-state index contributed by atoms with van der Waals surface area (Å²) in [5.41, 5.74) is 0.235. The average Bonchev–Trinajstić information content (AvgIpc) is 2.77. The van der Waals surface area contributed by atoms with Crippen molar-refractivity contribution in [2.24, 2.45) is 0 Å². The van der Waals surface area contributed by atoms with Crippen LogP contribution < -0.4 is 15.4 Å². The van der Waals surface area contributed by atoms with Crippen molar-refractivity contribution >= 4 is 15.9 Å². The van der Waals surface area contributed by atoms with Gasteiger partial charge in [-0.15, -0.1) is 0 Å². The molecule has 0 unspecified atom stereocenters. The standard InChI is InChI=1S/C11H19N3O4S/c1-8-9(11(15)14-6-4-5-12-2)7-10(18-8)19(16,17)13-3/h7,12-13H,4-6H2,1-3H3,(H,14,15). The summed E-state index contributed by atoms with van der Waals surface area (Å²) in [6.45, 7) is 2.86. The Morgan fingerprint density at radius 1 is 1.32 bits per heavy atom. The van der Waals surface area contributed by atoms with Gasteiger partial charge < -0.3 is 15.1 Å². The first-order valence-corrected chi connectivity index (χ1v) is 7.37. The molecule has 0 saturated heterocycles. The van der Waals surface area contributed by atoms with Gasteiger partial charge in [0, 0.05) is 12.6 Å². The van der Waals surface area contributed by atoms with E-state index in [0.29, 0.717) is 6.54 Å². The lowest BCUT2D eigenvalue weighted by Gasteiger charge is -2.03. The maximum absolute atomic E-state index is 11.9. The van der Waals surface area contributed by atoms with Crippen LogP contribution >= 0.6 is 0 Å². The van der Waals surface area contributed by atoms with Gasteiger partial charge in [-0.05, 0) is 34.0 Å². The highest BCUT2D eigenvalue weighted by molar-refractivity contribution is 7.89. The molecule has 1 aromatic rings. The summed E-state index contributed by atoms with van der Waals surface area (Å²) in [4.78, 5) is 11.9. The van der Waals surface area contributed by atoms with Gasteiger partial charge >= 0.3 is 0 Å². The van der Waals surface area contributed by atoms with E-state index in [0.717, 1.165) is 13.0 Å². The zero-order valence-corrected chi connectivity index (χ0v) is 12.1. The molecule has 0 saturated carbocycles. The lowest BCUT2D eigenvalue weighted by Crippen LogP contribution is -2.26. The summed E-state index contributed by atoms with van der Waals surface area (Å²) in [5.74, 6) is -0.0603. The van der Waals surface area contributed by atoms with Crippen molar-refractivity contribution in [3.63, 3.8) is 0 Å². The molecule has 1 amide bonds. The quantitative estimate of drug-likeness (QED) is 0.605. The SMILES string of the molecule is CNCCCNC(=O)c1cc(S(=O)(=O)NC)oc1C. The molecule has 0 aliphatic heterocycles. The highest BCUT2D eigenvalue weighted by Gasteiger charge is 2.22. The van der Waals surface area contributed by atoms with Crippen LogP contribution in [0.4, 0.5) is 0 Å². The van der Waals surface area contributed by atoms with Crippen molar-refractivity contribution in [2.45, 2.75) is 18.4 Å². The van der Waals surface area contributed by atoms with E-state index in [1.54, 1.807) is 6.92 Å². The summed E-state index contributed by atoms with van der Waals surface area (Å²) in [6.07, 6.45) is 0.792. The van der Waals surface area contributed by atoms with Crippen molar-refractivity contribution < 1.29 is 17.6 Å². The van der Waals surface area contributed by atoms with Gasteiger partial charge in [0.25, 0.3) is 15.9 Å². The van der Waals surface area contributed by atoms with Gasteiger partial charge in [-0.1, -0.05) is 0 Å². The summed E-state index contributed by atoms with van der Waals surface area (Å²) < 4.78 is 30.3. The number of hydrogen-bond donors (Lipinski definition) is 3. The third-order valence-corrected chi connectivity index (χ3v) is 3.83. The lowest BCUT2D eigenvalue weighted by molar-refractivity contribution is 0.0951. The minimum atomic E-state index is -3.67.